The Kier molecular flexibility index (Phi) is 3.12. The minimum atomic E-state index is -1.45. The summed E-state index contributed by atoms with van der Waals surface area (Å²) >= 11 is 0. The Balaban J connectivity index is 3.28. The maximum absolute atomic E-state index is 13.6. The Morgan fingerprint density at radius 3 is 2.40 bits per heavy atom. The van der Waals surface area contributed by atoms with Crippen molar-refractivity contribution < 1.29 is 13.9 Å². The van der Waals surface area contributed by atoms with E-state index in [9.17, 15) is 9.18 Å². The number of hydrogen-bond donors (Lipinski definition) is 0. The van der Waals surface area contributed by atoms with E-state index in [1.165, 1.54) is 27.9 Å². The molecule has 0 aliphatic rings. The lowest BCUT2D eigenvalue weighted by Crippen LogP contribution is -2.10. The molecule has 82 valence electrons. The summed E-state index contributed by atoms with van der Waals surface area (Å²) in [5.74, 6) is 0.355. The molecule has 0 saturated heterocycles. The lowest BCUT2D eigenvalue weighted by Gasteiger charge is -2.16. The van der Waals surface area contributed by atoms with E-state index >= 15 is 0 Å². The SMILES string of the molecule is COc1ccc(C(C)(C)F)cc1C(C)=O. The zero-order valence-electron chi connectivity index (χ0n) is 9.43. The zero-order valence-corrected chi connectivity index (χ0v) is 9.43. The van der Waals surface area contributed by atoms with Gasteiger partial charge in [0.25, 0.3) is 0 Å². The predicted octanol–water partition coefficient (Wildman–Crippen LogP) is 3.10. The minimum absolute atomic E-state index is 0.127. The highest BCUT2D eigenvalue weighted by Gasteiger charge is 2.21. The molecule has 1 aromatic carbocycles. The first-order valence-electron chi connectivity index (χ1n) is 4.74. The summed E-state index contributed by atoms with van der Waals surface area (Å²) in [6.45, 7) is 4.35. The first-order valence-corrected chi connectivity index (χ1v) is 4.74. The molecule has 15 heavy (non-hydrogen) atoms. The number of rotatable bonds is 3. The van der Waals surface area contributed by atoms with Gasteiger partial charge in [-0.05, 0) is 38.5 Å². The van der Waals surface area contributed by atoms with Crippen LogP contribution < -0.4 is 4.74 Å². The standard InChI is InChI=1S/C12H15FO2/c1-8(14)10-7-9(12(2,3)13)5-6-11(10)15-4/h5-7H,1-4H3. The van der Waals surface area contributed by atoms with Crippen molar-refractivity contribution in [1.29, 1.82) is 0 Å². The van der Waals surface area contributed by atoms with E-state index in [0.29, 0.717) is 16.9 Å². The van der Waals surface area contributed by atoms with E-state index < -0.39 is 5.67 Å². The summed E-state index contributed by atoms with van der Waals surface area (Å²) in [6.07, 6.45) is 0. The van der Waals surface area contributed by atoms with Gasteiger partial charge in [0.2, 0.25) is 0 Å². The molecule has 0 atom stereocenters. The number of ketones is 1. The van der Waals surface area contributed by atoms with E-state index in [1.807, 2.05) is 0 Å². The molecular weight excluding hydrogens is 195 g/mol. The molecule has 0 aromatic heterocycles. The van der Waals surface area contributed by atoms with E-state index in [4.69, 9.17) is 4.74 Å². The average Bonchev–Trinajstić information content (AvgIpc) is 2.15. The molecule has 0 radical (unpaired) electrons. The predicted molar refractivity (Wildman–Crippen MR) is 57.1 cm³/mol. The van der Waals surface area contributed by atoms with Crippen LogP contribution >= 0.6 is 0 Å². The number of halogens is 1. The Morgan fingerprint density at radius 2 is 2.00 bits per heavy atom. The van der Waals surface area contributed by atoms with Gasteiger partial charge in [-0.25, -0.2) is 4.39 Å². The van der Waals surface area contributed by atoms with Gasteiger partial charge in [0.15, 0.2) is 5.78 Å². The van der Waals surface area contributed by atoms with Gasteiger partial charge in [-0.1, -0.05) is 6.07 Å². The molecule has 1 rings (SSSR count). The molecule has 0 unspecified atom stereocenters. The smallest absolute Gasteiger partial charge is 0.163 e. The fraction of sp³-hybridized carbons (Fsp3) is 0.417. The molecule has 3 heteroatoms. The van der Waals surface area contributed by atoms with Gasteiger partial charge in [-0.15, -0.1) is 0 Å². The van der Waals surface area contributed by atoms with E-state index in [0.717, 1.165) is 0 Å². The summed E-state index contributed by atoms with van der Waals surface area (Å²) in [5, 5.41) is 0. The van der Waals surface area contributed by atoms with Gasteiger partial charge in [-0.2, -0.15) is 0 Å². The number of hydrogen-bond acceptors (Lipinski definition) is 2. The highest BCUT2D eigenvalue weighted by molar-refractivity contribution is 5.97. The molecule has 0 spiro atoms. The van der Waals surface area contributed by atoms with E-state index in [1.54, 1.807) is 18.2 Å². The Morgan fingerprint density at radius 1 is 1.40 bits per heavy atom. The molecule has 1 aromatic rings. The van der Waals surface area contributed by atoms with Crippen LogP contribution in [0.25, 0.3) is 0 Å². The monoisotopic (exact) mass is 210 g/mol. The second-order valence-corrected chi connectivity index (χ2v) is 3.94. The van der Waals surface area contributed by atoms with E-state index in [2.05, 4.69) is 0 Å². The molecular formula is C12H15FO2. The third kappa shape index (κ3) is 2.55. The number of alkyl halides is 1. The third-order valence-electron chi connectivity index (χ3n) is 2.27. The van der Waals surface area contributed by atoms with Crippen molar-refractivity contribution in [2.24, 2.45) is 0 Å². The van der Waals surface area contributed by atoms with Gasteiger partial charge >= 0.3 is 0 Å². The first-order chi connectivity index (χ1) is 6.86. The second kappa shape index (κ2) is 4.01. The van der Waals surface area contributed by atoms with Crippen LogP contribution in [0.1, 0.15) is 36.7 Å². The second-order valence-electron chi connectivity index (χ2n) is 3.94. The van der Waals surface area contributed by atoms with Crippen LogP contribution in [-0.2, 0) is 5.67 Å². The van der Waals surface area contributed by atoms with Crippen molar-refractivity contribution >= 4 is 5.78 Å². The van der Waals surface area contributed by atoms with Crippen LogP contribution in [0.2, 0.25) is 0 Å². The summed E-state index contributed by atoms with van der Waals surface area (Å²) in [7, 11) is 1.49. The summed E-state index contributed by atoms with van der Waals surface area (Å²) in [6, 6.07) is 4.79. The molecule has 0 aliphatic heterocycles. The van der Waals surface area contributed by atoms with Gasteiger partial charge in [0.1, 0.15) is 11.4 Å². The van der Waals surface area contributed by atoms with E-state index in [-0.39, 0.29) is 5.78 Å². The van der Waals surface area contributed by atoms with Crippen molar-refractivity contribution in [2.45, 2.75) is 26.4 Å². The lowest BCUT2D eigenvalue weighted by molar-refractivity contribution is 0.101. The van der Waals surface area contributed by atoms with Crippen LogP contribution in [0.4, 0.5) is 4.39 Å². The van der Waals surface area contributed by atoms with Gasteiger partial charge in [-0.3, -0.25) is 4.79 Å². The molecule has 0 N–H and O–H groups in total. The maximum Gasteiger partial charge on any atom is 0.163 e. The molecule has 0 fully saturated rings. The van der Waals surface area contributed by atoms with Crippen molar-refractivity contribution in [1.82, 2.24) is 0 Å². The number of carbonyl (C=O) groups is 1. The number of benzene rings is 1. The van der Waals surface area contributed by atoms with Crippen LogP contribution in [0.5, 0.6) is 5.75 Å². The van der Waals surface area contributed by atoms with Crippen molar-refractivity contribution in [3.63, 3.8) is 0 Å². The Bertz CT molecular complexity index is 378. The van der Waals surface area contributed by atoms with Crippen molar-refractivity contribution in [3.8, 4) is 5.75 Å². The quantitative estimate of drug-likeness (QED) is 0.716. The highest BCUT2D eigenvalue weighted by Crippen LogP contribution is 2.29. The summed E-state index contributed by atoms with van der Waals surface area (Å²) in [5.41, 5.74) is -0.551. The Hall–Kier alpha value is -1.38. The highest BCUT2D eigenvalue weighted by atomic mass is 19.1. The molecule has 0 heterocycles. The average molecular weight is 210 g/mol. The third-order valence-corrected chi connectivity index (χ3v) is 2.27. The molecule has 0 bridgehead atoms. The largest absolute Gasteiger partial charge is 0.496 e. The fourth-order valence-electron chi connectivity index (χ4n) is 1.35. The first kappa shape index (κ1) is 11.7. The molecule has 0 aliphatic carbocycles. The molecule has 0 amide bonds. The maximum atomic E-state index is 13.6. The van der Waals surface area contributed by atoms with Gasteiger partial charge in [0, 0.05) is 0 Å². The number of carbonyl (C=O) groups excluding carboxylic acids is 1. The van der Waals surface area contributed by atoms with Crippen molar-refractivity contribution in [2.75, 3.05) is 7.11 Å². The number of methoxy groups -OCH3 is 1. The summed E-state index contributed by atoms with van der Waals surface area (Å²) in [4.78, 5) is 11.3. The minimum Gasteiger partial charge on any atom is -0.496 e. The van der Waals surface area contributed by atoms with Crippen molar-refractivity contribution in [3.05, 3.63) is 29.3 Å². The Labute approximate surface area is 89.1 Å². The van der Waals surface area contributed by atoms with Crippen LogP contribution in [0.3, 0.4) is 0 Å². The molecule has 2 nitrogen and oxygen atoms in total. The normalized spacial score (nSPS) is 11.3. The molecule has 0 saturated carbocycles. The van der Waals surface area contributed by atoms with Crippen LogP contribution in [0.15, 0.2) is 18.2 Å². The van der Waals surface area contributed by atoms with Gasteiger partial charge in [0.05, 0.1) is 12.7 Å². The topological polar surface area (TPSA) is 26.3 Å². The number of Topliss-reactive ketones (excluding diaryl/α,β-unsaturated/α-hetero) is 1. The zero-order chi connectivity index (χ0) is 11.6. The van der Waals surface area contributed by atoms with Crippen LogP contribution in [0, 0.1) is 0 Å². The van der Waals surface area contributed by atoms with Crippen LogP contribution in [-0.4, -0.2) is 12.9 Å². The van der Waals surface area contributed by atoms with Gasteiger partial charge < -0.3 is 4.74 Å². The summed E-state index contributed by atoms with van der Waals surface area (Å²) < 4.78 is 18.7. The number of ether oxygens (including phenoxy) is 1. The lowest BCUT2D eigenvalue weighted by atomic mass is 9.96. The fourth-order valence-corrected chi connectivity index (χ4v) is 1.35.